The van der Waals surface area contributed by atoms with Crippen molar-refractivity contribution < 1.29 is 17.9 Å². The maximum absolute atomic E-state index is 12.9. The van der Waals surface area contributed by atoms with Crippen molar-refractivity contribution in [3.05, 3.63) is 48.0 Å². The Kier molecular flexibility index (Phi) is 6.49. The van der Waals surface area contributed by atoms with E-state index in [4.69, 9.17) is 9.47 Å². The molecule has 7 heteroatoms. The molecule has 1 saturated carbocycles. The van der Waals surface area contributed by atoms with Crippen LogP contribution < -0.4 is 14.8 Å². The predicted molar refractivity (Wildman–Crippen MR) is 118 cm³/mol. The fraction of sp³-hybridized carbons (Fsp3) is 0.478. The third-order valence-corrected chi connectivity index (χ3v) is 7.84. The molecule has 2 fully saturated rings. The van der Waals surface area contributed by atoms with Crippen LogP contribution in [0.3, 0.4) is 0 Å². The quantitative estimate of drug-likeness (QED) is 0.672. The highest BCUT2D eigenvalue weighted by molar-refractivity contribution is 7.89. The number of nitrogens with one attached hydrogen (secondary N) is 1. The second-order valence-electron chi connectivity index (χ2n) is 7.96. The average Bonchev–Trinajstić information content (AvgIpc) is 3.47. The van der Waals surface area contributed by atoms with Gasteiger partial charge in [-0.25, -0.2) is 8.42 Å². The van der Waals surface area contributed by atoms with E-state index in [1.807, 2.05) is 18.2 Å². The highest BCUT2D eigenvalue weighted by atomic mass is 32.2. The summed E-state index contributed by atoms with van der Waals surface area (Å²) in [5.74, 6) is 1.28. The third-order valence-electron chi connectivity index (χ3n) is 5.90. The lowest BCUT2D eigenvalue weighted by Gasteiger charge is -2.19. The van der Waals surface area contributed by atoms with Gasteiger partial charge in [-0.15, -0.1) is 0 Å². The van der Waals surface area contributed by atoms with E-state index >= 15 is 0 Å². The maximum atomic E-state index is 12.9. The molecule has 0 unspecified atom stereocenters. The summed E-state index contributed by atoms with van der Waals surface area (Å²) < 4.78 is 39.0. The third kappa shape index (κ3) is 4.57. The molecule has 1 N–H and O–H groups in total. The molecule has 0 atom stereocenters. The number of ether oxygens (including phenoxy) is 2. The molecule has 4 rings (SSSR count). The largest absolute Gasteiger partial charge is 0.495 e. The number of hydrogen-bond acceptors (Lipinski definition) is 5. The lowest BCUT2D eigenvalue weighted by Crippen LogP contribution is -2.28. The fourth-order valence-electron chi connectivity index (χ4n) is 4.21. The van der Waals surface area contributed by atoms with Crippen molar-refractivity contribution >= 4 is 15.7 Å². The average molecular weight is 431 g/mol. The Morgan fingerprint density at radius 1 is 1.00 bits per heavy atom. The van der Waals surface area contributed by atoms with Gasteiger partial charge in [0.05, 0.1) is 13.2 Å². The van der Waals surface area contributed by atoms with Crippen molar-refractivity contribution in [3.8, 4) is 11.5 Å². The van der Waals surface area contributed by atoms with E-state index < -0.39 is 10.0 Å². The smallest absolute Gasteiger partial charge is 0.246 e. The molecule has 30 heavy (non-hydrogen) atoms. The summed E-state index contributed by atoms with van der Waals surface area (Å²) in [6.07, 6.45) is 6.82. The van der Waals surface area contributed by atoms with Crippen LogP contribution >= 0.6 is 0 Å². The molecular weight excluding hydrogens is 400 g/mol. The van der Waals surface area contributed by atoms with Crippen molar-refractivity contribution in [1.29, 1.82) is 0 Å². The summed E-state index contributed by atoms with van der Waals surface area (Å²) in [6, 6.07) is 13.3. The van der Waals surface area contributed by atoms with Crippen LogP contribution in [0.15, 0.2) is 47.4 Å². The van der Waals surface area contributed by atoms with Crippen LogP contribution in [0.5, 0.6) is 11.5 Å². The van der Waals surface area contributed by atoms with Gasteiger partial charge >= 0.3 is 0 Å². The number of anilines is 1. The number of nitrogens with zero attached hydrogens (tertiary/aromatic N) is 1. The zero-order valence-electron chi connectivity index (χ0n) is 17.5. The van der Waals surface area contributed by atoms with Crippen molar-refractivity contribution in [2.24, 2.45) is 0 Å². The molecule has 0 amide bonds. The zero-order chi connectivity index (χ0) is 21.0. The maximum Gasteiger partial charge on any atom is 0.246 e. The zero-order valence-corrected chi connectivity index (χ0v) is 18.3. The molecule has 6 nitrogen and oxygen atoms in total. The monoisotopic (exact) mass is 430 g/mol. The molecule has 2 aromatic carbocycles. The van der Waals surface area contributed by atoms with Crippen molar-refractivity contribution in [2.75, 3.05) is 25.5 Å². The lowest BCUT2D eigenvalue weighted by molar-refractivity contribution is 0.208. The van der Waals surface area contributed by atoms with Crippen LogP contribution in [0, 0.1) is 0 Å². The number of benzene rings is 2. The molecule has 1 heterocycles. The molecule has 0 aromatic heterocycles. The summed E-state index contributed by atoms with van der Waals surface area (Å²) in [4.78, 5) is 0.224. The Morgan fingerprint density at radius 2 is 1.73 bits per heavy atom. The normalized spacial score (nSPS) is 17.9. The number of sulfonamides is 1. The number of rotatable bonds is 8. The Hall–Kier alpha value is -2.25. The first-order valence-corrected chi connectivity index (χ1v) is 12.2. The van der Waals surface area contributed by atoms with Crippen LogP contribution in [-0.4, -0.2) is 39.0 Å². The van der Waals surface area contributed by atoms with Crippen molar-refractivity contribution in [2.45, 2.75) is 56.1 Å². The highest BCUT2D eigenvalue weighted by Gasteiger charge is 2.30. The SMILES string of the molecule is COc1cc(NCc2ccccc2OC2CCCC2)ccc1S(=O)(=O)N1CCCC1. The fourth-order valence-corrected chi connectivity index (χ4v) is 5.86. The van der Waals surface area contributed by atoms with Gasteiger partial charge in [0.25, 0.3) is 0 Å². The van der Waals surface area contributed by atoms with Gasteiger partial charge in [-0.2, -0.15) is 4.31 Å². The first kappa shape index (κ1) is 21.0. The standard InChI is InChI=1S/C23H30N2O4S/c1-28-22-16-19(12-13-23(22)30(26,27)25-14-6-7-15-25)24-17-18-8-2-5-11-21(18)29-20-9-3-4-10-20/h2,5,8,11-13,16,20,24H,3-4,6-7,9-10,14-15,17H2,1H3. The van der Waals surface area contributed by atoms with Gasteiger partial charge < -0.3 is 14.8 Å². The first-order chi connectivity index (χ1) is 14.6. The van der Waals surface area contributed by atoms with Crippen LogP contribution in [0.4, 0.5) is 5.69 Å². The van der Waals surface area contributed by atoms with Gasteiger partial charge in [0, 0.05) is 37.0 Å². The van der Waals surface area contributed by atoms with E-state index in [0.717, 1.165) is 42.7 Å². The summed E-state index contributed by atoms with van der Waals surface area (Å²) >= 11 is 0. The summed E-state index contributed by atoms with van der Waals surface area (Å²) in [5, 5.41) is 3.38. The Morgan fingerprint density at radius 3 is 2.47 bits per heavy atom. The van der Waals surface area contributed by atoms with Gasteiger partial charge in [-0.05, 0) is 56.7 Å². The van der Waals surface area contributed by atoms with Crippen LogP contribution in [0.1, 0.15) is 44.1 Å². The molecule has 162 valence electrons. The van der Waals surface area contributed by atoms with Crippen molar-refractivity contribution in [3.63, 3.8) is 0 Å². The van der Waals surface area contributed by atoms with E-state index in [0.29, 0.717) is 31.5 Å². The first-order valence-electron chi connectivity index (χ1n) is 10.7. The van der Waals surface area contributed by atoms with E-state index in [1.165, 1.54) is 24.3 Å². The van der Waals surface area contributed by atoms with E-state index in [2.05, 4.69) is 11.4 Å². The summed E-state index contributed by atoms with van der Waals surface area (Å²) in [5.41, 5.74) is 1.89. The molecule has 2 aliphatic rings. The Labute approximate surface area is 179 Å². The molecule has 0 bridgehead atoms. The molecule has 1 aliphatic carbocycles. The van der Waals surface area contributed by atoms with Gasteiger partial charge in [0.1, 0.15) is 16.4 Å². The molecule has 0 radical (unpaired) electrons. The second-order valence-corrected chi connectivity index (χ2v) is 9.87. The van der Waals surface area contributed by atoms with Gasteiger partial charge in [0.2, 0.25) is 10.0 Å². The van der Waals surface area contributed by atoms with Gasteiger partial charge in [0.15, 0.2) is 0 Å². The van der Waals surface area contributed by atoms with E-state index in [1.54, 1.807) is 18.2 Å². The van der Waals surface area contributed by atoms with E-state index in [-0.39, 0.29) is 4.90 Å². The van der Waals surface area contributed by atoms with Crippen molar-refractivity contribution in [1.82, 2.24) is 4.31 Å². The number of para-hydroxylation sites is 1. The minimum absolute atomic E-state index is 0.224. The van der Waals surface area contributed by atoms with Gasteiger partial charge in [-0.3, -0.25) is 0 Å². The molecule has 2 aromatic rings. The van der Waals surface area contributed by atoms with Crippen LogP contribution in [-0.2, 0) is 16.6 Å². The molecule has 0 spiro atoms. The number of hydrogen-bond donors (Lipinski definition) is 1. The molecular formula is C23H30N2O4S. The van der Waals surface area contributed by atoms with Crippen LogP contribution in [0.25, 0.3) is 0 Å². The topological polar surface area (TPSA) is 67.9 Å². The highest BCUT2D eigenvalue weighted by Crippen LogP contribution is 2.32. The van der Waals surface area contributed by atoms with E-state index in [9.17, 15) is 8.42 Å². The molecule has 1 aliphatic heterocycles. The molecule has 1 saturated heterocycles. The second kappa shape index (κ2) is 9.27. The summed E-state index contributed by atoms with van der Waals surface area (Å²) in [7, 11) is -2.02. The predicted octanol–water partition coefficient (Wildman–Crippen LogP) is 4.41. The van der Waals surface area contributed by atoms with Crippen LogP contribution in [0.2, 0.25) is 0 Å². The Bertz CT molecular complexity index is 965. The Balaban J connectivity index is 1.48. The minimum Gasteiger partial charge on any atom is -0.495 e. The van der Waals surface area contributed by atoms with Gasteiger partial charge in [-0.1, -0.05) is 18.2 Å². The minimum atomic E-state index is -3.52. The lowest BCUT2D eigenvalue weighted by atomic mass is 10.2. The summed E-state index contributed by atoms with van der Waals surface area (Å²) in [6.45, 7) is 1.73. The number of methoxy groups -OCH3 is 1.